The fourth-order valence-corrected chi connectivity index (χ4v) is 2.66. The van der Waals surface area contributed by atoms with Crippen molar-refractivity contribution in [3.05, 3.63) is 35.9 Å². The summed E-state index contributed by atoms with van der Waals surface area (Å²) in [5.74, 6) is -1.55. The van der Waals surface area contributed by atoms with Crippen LogP contribution in [0.1, 0.15) is 32.3 Å². The Morgan fingerprint density at radius 3 is 2.38 bits per heavy atom. The van der Waals surface area contributed by atoms with E-state index in [9.17, 15) is 19.2 Å². The van der Waals surface area contributed by atoms with Crippen molar-refractivity contribution in [2.75, 3.05) is 11.9 Å². The lowest BCUT2D eigenvalue weighted by Gasteiger charge is -2.26. The molecule has 0 aliphatic carbocycles. The Bertz CT molecular complexity index is 699. The number of ether oxygens (including phenoxy) is 1. The van der Waals surface area contributed by atoms with Crippen LogP contribution >= 0.6 is 15.9 Å². The quantitative estimate of drug-likeness (QED) is 0.351. The molecule has 0 saturated carbocycles. The fraction of sp³-hybridized carbons (Fsp3) is 0.474. The summed E-state index contributed by atoms with van der Waals surface area (Å²) in [6.45, 7) is 3.78. The van der Waals surface area contributed by atoms with E-state index in [1.807, 2.05) is 44.2 Å². The van der Waals surface area contributed by atoms with Gasteiger partial charge in [-0.3, -0.25) is 24.8 Å². The molecule has 0 saturated heterocycles. The maximum atomic E-state index is 12.7. The van der Waals surface area contributed by atoms with Crippen LogP contribution in [0.2, 0.25) is 0 Å². The third-order valence-electron chi connectivity index (χ3n) is 3.77. The lowest BCUT2D eigenvalue weighted by Crippen LogP contribution is -2.55. The molecular formula is C19H27BrN4O5. The highest BCUT2D eigenvalue weighted by Gasteiger charge is 2.26. The fourth-order valence-electron chi connectivity index (χ4n) is 2.36. The zero-order valence-electron chi connectivity index (χ0n) is 16.5. The molecule has 9 nitrogen and oxygen atoms in total. The van der Waals surface area contributed by atoms with E-state index in [4.69, 9.17) is 10.5 Å². The highest BCUT2D eigenvalue weighted by atomic mass is 79.9. The number of amides is 4. The third kappa shape index (κ3) is 9.93. The summed E-state index contributed by atoms with van der Waals surface area (Å²) in [5.41, 5.74) is 8.37. The van der Waals surface area contributed by atoms with Crippen LogP contribution in [0.25, 0.3) is 0 Å². The van der Waals surface area contributed by atoms with Crippen LogP contribution in [0.15, 0.2) is 30.3 Å². The molecule has 4 amide bonds. The second kappa shape index (κ2) is 12.8. The Labute approximate surface area is 178 Å². The number of benzene rings is 1. The molecule has 10 heteroatoms. The molecule has 0 spiro atoms. The van der Waals surface area contributed by atoms with Crippen LogP contribution in [0.4, 0.5) is 4.79 Å². The number of primary amides is 1. The van der Waals surface area contributed by atoms with Crippen molar-refractivity contribution in [2.24, 2.45) is 11.7 Å². The van der Waals surface area contributed by atoms with Crippen molar-refractivity contribution >= 4 is 39.7 Å². The summed E-state index contributed by atoms with van der Waals surface area (Å²) in [6, 6.07) is 8.21. The average Bonchev–Trinajstić information content (AvgIpc) is 2.68. The average molecular weight is 471 g/mol. The molecule has 29 heavy (non-hydrogen) atoms. The number of alkyl carbamates (subject to hydrolysis) is 1. The number of halogens is 1. The minimum absolute atomic E-state index is 0.0482. The standard InChI is InChI=1S/C19H27BrN4O5/c1-13(2)10-15(22-19(28)29-12-14-6-4-3-5-7-14)18(27)23-24(17(26)11-20)9-8-16(21)25/h3-7,13,15H,8-12H2,1-2H3,(H2,21,25)(H,22,28)(H,23,27). The van der Waals surface area contributed by atoms with Gasteiger partial charge in [-0.2, -0.15) is 0 Å². The van der Waals surface area contributed by atoms with Crippen molar-refractivity contribution in [1.29, 1.82) is 0 Å². The Kier molecular flexibility index (Phi) is 10.7. The van der Waals surface area contributed by atoms with Crippen molar-refractivity contribution in [3.8, 4) is 0 Å². The van der Waals surface area contributed by atoms with Crippen LogP contribution < -0.4 is 16.5 Å². The maximum absolute atomic E-state index is 12.7. The van der Waals surface area contributed by atoms with E-state index in [1.165, 1.54) is 0 Å². The number of nitrogens with two attached hydrogens (primary N) is 1. The zero-order valence-corrected chi connectivity index (χ0v) is 18.1. The van der Waals surface area contributed by atoms with Crippen molar-refractivity contribution in [3.63, 3.8) is 0 Å². The van der Waals surface area contributed by atoms with Gasteiger partial charge >= 0.3 is 6.09 Å². The summed E-state index contributed by atoms with van der Waals surface area (Å²) in [6.07, 6.45) is -0.524. The van der Waals surface area contributed by atoms with Gasteiger partial charge in [0, 0.05) is 6.42 Å². The normalized spacial score (nSPS) is 11.4. The number of hydrogen-bond donors (Lipinski definition) is 3. The maximum Gasteiger partial charge on any atom is 0.408 e. The van der Waals surface area contributed by atoms with Gasteiger partial charge in [0.1, 0.15) is 12.6 Å². The molecular weight excluding hydrogens is 444 g/mol. The Morgan fingerprint density at radius 1 is 1.17 bits per heavy atom. The first-order chi connectivity index (χ1) is 13.7. The molecule has 1 unspecified atom stereocenters. The summed E-state index contributed by atoms with van der Waals surface area (Å²) in [7, 11) is 0. The molecule has 0 radical (unpaired) electrons. The van der Waals surface area contributed by atoms with Crippen molar-refractivity contribution in [1.82, 2.24) is 15.8 Å². The molecule has 0 aliphatic rings. The predicted octanol–water partition coefficient (Wildman–Crippen LogP) is 1.46. The number of hydrazine groups is 1. The van der Waals surface area contributed by atoms with Crippen LogP contribution in [-0.4, -0.2) is 46.7 Å². The van der Waals surface area contributed by atoms with Crippen molar-refractivity contribution < 1.29 is 23.9 Å². The van der Waals surface area contributed by atoms with Crippen molar-refractivity contribution in [2.45, 2.75) is 39.3 Å². The summed E-state index contributed by atoms with van der Waals surface area (Å²) < 4.78 is 5.16. The van der Waals surface area contributed by atoms with Gasteiger partial charge in [0.2, 0.25) is 5.91 Å². The van der Waals surface area contributed by atoms with E-state index in [0.717, 1.165) is 10.6 Å². The number of rotatable bonds is 10. The summed E-state index contributed by atoms with van der Waals surface area (Å²) >= 11 is 3.02. The van der Waals surface area contributed by atoms with E-state index in [0.29, 0.717) is 6.42 Å². The molecule has 0 bridgehead atoms. The molecule has 0 aliphatic heterocycles. The first-order valence-corrected chi connectivity index (χ1v) is 10.3. The lowest BCUT2D eigenvalue weighted by atomic mass is 10.0. The summed E-state index contributed by atoms with van der Waals surface area (Å²) in [5, 5.41) is 3.49. The topological polar surface area (TPSA) is 131 Å². The molecule has 0 fully saturated rings. The van der Waals surface area contributed by atoms with Gasteiger partial charge in [-0.15, -0.1) is 0 Å². The molecule has 1 aromatic carbocycles. The largest absolute Gasteiger partial charge is 0.445 e. The smallest absolute Gasteiger partial charge is 0.408 e. The predicted molar refractivity (Wildman–Crippen MR) is 110 cm³/mol. The highest BCUT2D eigenvalue weighted by molar-refractivity contribution is 9.09. The molecule has 0 aromatic heterocycles. The van der Waals surface area contributed by atoms with E-state index >= 15 is 0 Å². The van der Waals surface area contributed by atoms with Gasteiger partial charge in [0.25, 0.3) is 11.8 Å². The molecule has 1 aromatic rings. The van der Waals surface area contributed by atoms with E-state index in [2.05, 4.69) is 26.7 Å². The first-order valence-electron chi connectivity index (χ1n) is 9.15. The minimum atomic E-state index is -0.919. The van der Waals surface area contributed by atoms with Gasteiger partial charge in [0.05, 0.1) is 11.9 Å². The molecule has 4 N–H and O–H groups in total. The number of alkyl halides is 1. The lowest BCUT2D eigenvalue weighted by molar-refractivity contribution is -0.141. The minimum Gasteiger partial charge on any atom is -0.445 e. The molecule has 160 valence electrons. The SMILES string of the molecule is CC(C)CC(NC(=O)OCc1ccccc1)C(=O)NN(CCC(N)=O)C(=O)CBr. The van der Waals surface area contributed by atoms with Crippen LogP contribution in [0.5, 0.6) is 0 Å². The zero-order chi connectivity index (χ0) is 21.8. The van der Waals surface area contributed by atoms with Gasteiger partial charge in [-0.25, -0.2) is 4.79 Å². The van der Waals surface area contributed by atoms with Crippen LogP contribution in [0.3, 0.4) is 0 Å². The van der Waals surface area contributed by atoms with Gasteiger partial charge in [-0.1, -0.05) is 60.1 Å². The van der Waals surface area contributed by atoms with E-state index < -0.39 is 29.9 Å². The third-order valence-corrected chi connectivity index (χ3v) is 4.25. The first kappa shape index (κ1) is 24.4. The van der Waals surface area contributed by atoms with E-state index in [-0.39, 0.29) is 30.8 Å². The van der Waals surface area contributed by atoms with Gasteiger partial charge in [-0.05, 0) is 17.9 Å². The Morgan fingerprint density at radius 2 is 1.83 bits per heavy atom. The monoisotopic (exact) mass is 470 g/mol. The number of hydrogen-bond acceptors (Lipinski definition) is 5. The van der Waals surface area contributed by atoms with Crippen LogP contribution in [0, 0.1) is 5.92 Å². The number of carbonyl (C=O) groups excluding carboxylic acids is 4. The van der Waals surface area contributed by atoms with Gasteiger partial charge in [0.15, 0.2) is 0 Å². The number of nitrogens with zero attached hydrogens (tertiary/aromatic N) is 1. The van der Waals surface area contributed by atoms with E-state index in [1.54, 1.807) is 0 Å². The second-order valence-electron chi connectivity index (χ2n) is 6.76. The summed E-state index contributed by atoms with van der Waals surface area (Å²) in [4.78, 5) is 47.8. The molecule has 1 rings (SSSR count). The number of nitrogens with one attached hydrogen (secondary N) is 2. The number of carbonyl (C=O) groups is 4. The molecule has 0 heterocycles. The Hall–Kier alpha value is -2.62. The second-order valence-corrected chi connectivity index (χ2v) is 7.32. The molecule has 1 atom stereocenters. The Balaban J connectivity index is 2.72. The van der Waals surface area contributed by atoms with Gasteiger partial charge < -0.3 is 15.8 Å². The highest BCUT2D eigenvalue weighted by Crippen LogP contribution is 2.07. The van der Waals surface area contributed by atoms with Crippen LogP contribution in [-0.2, 0) is 25.7 Å².